The molecule has 0 bridgehead atoms. The maximum absolute atomic E-state index is 12.5. The lowest BCUT2D eigenvalue weighted by Gasteiger charge is -2.28. The lowest BCUT2D eigenvalue weighted by Crippen LogP contribution is -2.30. The molecule has 0 unspecified atom stereocenters. The van der Waals surface area contributed by atoms with E-state index in [0.717, 1.165) is 0 Å². The minimum Gasteiger partial charge on any atom is -0.469 e. The van der Waals surface area contributed by atoms with E-state index in [9.17, 15) is 18.0 Å². The van der Waals surface area contributed by atoms with E-state index in [0.29, 0.717) is 18.6 Å². The second kappa shape index (κ2) is 5.16. The van der Waals surface area contributed by atoms with E-state index in [-0.39, 0.29) is 31.0 Å². The van der Waals surface area contributed by atoms with Crippen molar-refractivity contribution in [1.29, 1.82) is 0 Å². The maximum Gasteiger partial charge on any atom is 0.391 e. The van der Waals surface area contributed by atoms with Crippen LogP contribution in [0.25, 0.3) is 0 Å². The molecular formula is C13H15F3O2. The Labute approximate surface area is 103 Å². The molecule has 0 N–H and O–H groups in total. The highest BCUT2D eigenvalue weighted by atomic mass is 19.4. The summed E-state index contributed by atoms with van der Waals surface area (Å²) in [7, 11) is 0. The molecule has 5 heteroatoms. The number of hydrogen-bond donors (Lipinski definition) is 0. The standard InChI is InChI=1S/C13H15F3O2/c14-13(15,16)10-5-3-9(4-6-10)12(17)8-11-2-1-7-18-11/h1-2,7,9-10H,3-6,8H2. The van der Waals surface area contributed by atoms with Crippen LogP contribution in [-0.2, 0) is 11.2 Å². The Morgan fingerprint density at radius 2 is 1.94 bits per heavy atom. The van der Waals surface area contributed by atoms with Gasteiger partial charge in [0.2, 0.25) is 0 Å². The number of carbonyl (C=O) groups excluding carboxylic acids is 1. The summed E-state index contributed by atoms with van der Waals surface area (Å²) >= 11 is 0. The summed E-state index contributed by atoms with van der Waals surface area (Å²) in [4.78, 5) is 11.9. The second-order valence-corrected chi connectivity index (χ2v) is 4.81. The molecule has 1 aliphatic carbocycles. The maximum atomic E-state index is 12.5. The Hall–Kier alpha value is -1.26. The predicted octanol–water partition coefficient (Wildman–Crippen LogP) is 3.76. The second-order valence-electron chi connectivity index (χ2n) is 4.81. The molecule has 1 fully saturated rings. The van der Waals surface area contributed by atoms with Gasteiger partial charge in [-0.05, 0) is 37.8 Å². The van der Waals surface area contributed by atoms with Gasteiger partial charge in [-0.2, -0.15) is 13.2 Å². The highest BCUT2D eigenvalue weighted by molar-refractivity contribution is 5.82. The molecule has 1 saturated carbocycles. The van der Waals surface area contributed by atoms with Gasteiger partial charge in [0.15, 0.2) is 0 Å². The van der Waals surface area contributed by atoms with Crippen LogP contribution in [-0.4, -0.2) is 12.0 Å². The van der Waals surface area contributed by atoms with Crippen molar-refractivity contribution >= 4 is 5.78 Å². The van der Waals surface area contributed by atoms with Gasteiger partial charge in [-0.3, -0.25) is 4.79 Å². The van der Waals surface area contributed by atoms with Crippen molar-refractivity contribution in [2.75, 3.05) is 0 Å². The first kappa shape index (κ1) is 13.2. The van der Waals surface area contributed by atoms with Crippen LogP contribution in [0.15, 0.2) is 22.8 Å². The zero-order valence-corrected chi connectivity index (χ0v) is 9.87. The average Bonchev–Trinajstić information content (AvgIpc) is 2.81. The largest absolute Gasteiger partial charge is 0.469 e. The molecule has 1 aromatic heterocycles. The Morgan fingerprint density at radius 1 is 1.28 bits per heavy atom. The Balaban J connectivity index is 1.84. The molecular weight excluding hydrogens is 245 g/mol. The van der Waals surface area contributed by atoms with E-state index in [1.165, 1.54) is 6.26 Å². The minimum atomic E-state index is -4.12. The van der Waals surface area contributed by atoms with E-state index >= 15 is 0 Å². The number of Topliss-reactive ketones (excluding diaryl/α,β-unsaturated/α-hetero) is 1. The van der Waals surface area contributed by atoms with Crippen LogP contribution in [0.1, 0.15) is 31.4 Å². The van der Waals surface area contributed by atoms with Crippen LogP contribution in [0.2, 0.25) is 0 Å². The minimum absolute atomic E-state index is 0.00873. The monoisotopic (exact) mass is 260 g/mol. The van der Waals surface area contributed by atoms with Gasteiger partial charge in [-0.1, -0.05) is 0 Å². The zero-order chi connectivity index (χ0) is 13.2. The fourth-order valence-corrected chi connectivity index (χ4v) is 2.47. The van der Waals surface area contributed by atoms with Crippen LogP contribution < -0.4 is 0 Å². The Kier molecular flexibility index (Phi) is 3.78. The van der Waals surface area contributed by atoms with E-state index in [1.54, 1.807) is 12.1 Å². The Bertz CT molecular complexity index is 387. The first-order chi connectivity index (χ1) is 8.47. The summed E-state index contributed by atoms with van der Waals surface area (Å²) in [5, 5.41) is 0. The smallest absolute Gasteiger partial charge is 0.391 e. The summed E-state index contributed by atoms with van der Waals surface area (Å²) in [6.45, 7) is 0. The summed E-state index contributed by atoms with van der Waals surface area (Å²) in [6, 6.07) is 3.41. The van der Waals surface area contributed by atoms with E-state index in [1.807, 2.05) is 0 Å². The number of rotatable bonds is 3. The fourth-order valence-electron chi connectivity index (χ4n) is 2.47. The fraction of sp³-hybridized carbons (Fsp3) is 0.615. The molecule has 1 aliphatic rings. The van der Waals surface area contributed by atoms with Gasteiger partial charge in [-0.25, -0.2) is 0 Å². The van der Waals surface area contributed by atoms with E-state index in [2.05, 4.69) is 0 Å². The molecule has 18 heavy (non-hydrogen) atoms. The molecule has 1 aromatic rings. The Morgan fingerprint density at radius 3 is 2.44 bits per heavy atom. The van der Waals surface area contributed by atoms with Gasteiger partial charge in [-0.15, -0.1) is 0 Å². The first-order valence-corrected chi connectivity index (χ1v) is 6.08. The van der Waals surface area contributed by atoms with Crippen molar-refractivity contribution in [2.24, 2.45) is 11.8 Å². The molecule has 0 atom stereocenters. The third kappa shape index (κ3) is 3.15. The third-order valence-electron chi connectivity index (χ3n) is 3.57. The van der Waals surface area contributed by atoms with Crippen molar-refractivity contribution < 1.29 is 22.4 Å². The molecule has 0 aromatic carbocycles. The number of carbonyl (C=O) groups is 1. The predicted molar refractivity (Wildman–Crippen MR) is 58.9 cm³/mol. The van der Waals surface area contributed by atoms with Crippen molar-refractivity contribution in [3.8, 4) is 0 Å². The van der Waals surface area contributed by atoms with Crippen LogP contribution in [0.4, 0.5) is 13.2 Å². The lowest BCUT2D eigenvalue weighted by molar-refractivity contribution is -0.184. The van der Waals surface area contributed by atoms with E-state index in [4.69, 9.17) is 4.42 Å². The van der Waals surface area contributed by atoms with Crippen LogP contribution in [0.5, 0.6) is 0 Å². The molecule has 2 rings (SSSR count). The molecule has 0 amide bonds. The van der Waals surface area contributed by atoms with Gasteiger partial charge in [0.05, 0.1) is 18.6 Å². The SMILES string of the molecule is O=C(Cc1ccco1)C1CCC(C(F)(F)F)CC1. The van der Waals surface area contributed by atoms with Gasteiger partial charge >= 0.3 is 6.18 Å². The first-order valence-electron chi connectivity index (χ1n) is 6.08. The number of ketones is 1. The zero-order valence-electron chi connectivity index (χ0n) is 9.87. The number of alkyl halides is 3. The third-order valence-corrected chi connectivity index (χ3v) is 3.57. The molecule has 1 heterocycles. The number of furan rings is 1. The quantitative estimate of drug-likeness (QED) is 0.828. The van der Waals surface area contributed by atoms with Crippen molar-refractivity contribution in [1.82, 2.24) is 0 Å². The molecule has 0 radical (unpaired) electrons. The molecule has 0 saturated heterocycles. The van der Waals surface area contributed by atoms with E-state index < -0.39 is 12.1 Å². The lowest BCUT2D eigenvalue weighted by atomic mass is 9.79. The van der Waals surface area contributed by atoms with Crippen molar-refractivity contribution in [3.05, 3.63) is 24.2 Å². The highest BCUT2D eigenvalue weighted by Gasteiger charge is 2.42. The summed E-state index contributed by atoms with van der Waals surface area (Å²) in [5.41, 5.74) is 0. The average molecular weight is 260 g/mol. The number of halogens is 3. The number of hydrogen-bond acceptors (Lipinski definition) is 2. The van der Waals surface area contributed by atoms with Gasteiger partial charge in [0.1, 0.15) is 11.5 Å². The van der Waals surface area contributed by atoms with Crippen LogP contribution in [0, 0.1) is 11.8 Å². The summed E-state index contributed by atoms with van der Waals surface area (Å²) in [5.74, 6) is -0.901. The van der Waals surface area contributed by atoms with Crippen molar-refractivity contribution in [2.45, 2.75) is 38.3 Å². The molecule has 0 spiro atoms. The van der Waals surface area contributed by atoms with Crippen LogP contribution >= 0.6 is 0 Å². The van der Waals surface area contributed by atoms with Gasteiger partial charge in [0, 0.05) is 5.92 Å². The van der Waals surface area contributed by atoms with Gasteiger partial charge in [0.25, 0.3) is 0 Å². The van der Waals surface area contributed by atoms with Gasteiger partial charge < -0.3 is 4.42 Å². The molecule has 0 aliphatic heterocycles. The molecule has 100 valence electrons. The summed E-state index contributed by atoms with van der Waals surface area (Å²) in [6.07, 6.45) is -1.63. The molecule has 2 nitrogen and oxygen atoms in total. The summed E-state index contributed by atoms with van der Waals surface area (Å²) < 4.78 is 42.5. The normalized spacial score (nSPS) is 25.1. The highest BCUT2D eigenvalue weighted by Crippen LogP contribution is 2.39. The van der Waals surface area contributed by atoms with Crippen LogP contribution in [0.3, 0.4) is 0 Å². The topological polar surface area (TPSA) is 30.2 Å². The van der Waals surface area contributed by atoms with Crippen molar-refractivity contribution in [3.63, 3.8) is 0 Å².